The zero-order valence-corrected chi connectivity index (χ0v) is 2.73. The molecule has 0 bridgehead atoms. The zero-order chi connectivity index (χ0) is 3.58. The normalized spacial score (nSPS) is 4.17. The quantitative estimate of drug-likeness (QED) is 0.302. The summed E-state index contributed by atoms with van der Waals surface area (Å²) in [4.78, 5) is 6.94. The molecule has 1 N–H and O–H groups in total. The molecule has 0 heterocycles. The Labute approximate surface area is 76.8 Å². The van der Waals surface area contributed by atoms with E-state index in [1.807, 2.05) is 0 Å². The van der Waals surface area contributed by atoms with Crippen LogP contribution in [-0.2, 0) is 4.46 Å². The molecule has 34 valence electrons. The first-order valence-corrected chi connectivity index (χ1v) is 1.85. The Kier molecular flexibility index (Phi) is 25.4. The third kappa shape index (κ3) is 48.2. The molecule has 0 fully saturated rings. The molecule has 0 aromatic heterocycles. The minimum absolute atomic E-state index is 0. The van der Waals surface area contributed by atoms with Crippen molar-refractivity contribution in [2.45, 2.75) is 0 Å². The van der Waals surface area contributed by atoms with Gasteiger partial charge in [0.2, 0.25) is 0 Å². The molecule has 0 saturated carbocycles. The van der Waals surface area contributed by atoms with Crippen molar-refractivity contribution in [3.63, 3.8) is 0 Å². The Balaban J connectivity index is -0.0000000450. The van der Waals surface area contributed by atoms with E-state index in [0.717, 1.165) is 0 Å². The molecular weight excluding hydrogens is 146 g/mol. The molecule has 0 saturated heterocycles. The van der Waals surface area contributed by atoms with Gasteiger partial charge in [-0.3, -0.25) is 4.46 Å². The van der Waals surface area contributed by atoms with E-state index < -0.39 is 9.26 Å². The summed E-state index contributed by atoms with van der Waals surface area (Å²) in [7, 11) is -3.63. The van der Waals surface area contributed by atoms with Crippen LogP contribution in [0.1, 0.15) is 0 Å². The molecule has 6 heteroatoms. The van der Waals surface area contributed by atoms with Crippen LogP contribution in [0, 0.1) is 0 Å². The first kappa shape index (κ1) is 15.6. The SMILES string of the molecule is O=[Si](O)F.[AlH3].[CaH2]. The summed E-state index contributed by atoms with van der Waals surface area (Å²) in [5, 5.41) is 0. The Bertz CT molecular complexity index is 36.5. The van der Waals surface area contributed by atoms with Crippen LogP contribution in [0.15, 0.2) is 0 Å². The van der Waals surface area contributed by atoms with Crippen molar-refractivity contribution >= 4 is 64.4 Å². The van der Waals surface area contributed by atoms with Gasteiger partial charge in [-0.2, -0.15) is 4.11 Å². The number of halogens is 1. The first-order chi connectivity index (χ1) is 1.73. The molecule has 0 amide bonds. The summed E-state index contributed by atoms with van der Waals surface area (Å²) in [6, 6.07) is 0. The minimum atomic E-state index is -3.63. The molecule has 0 aliphatic carbocycles. The third-order valence-corrected chi connectivity index (χ3v) is 0. The van der Waals surface area contributed by atoms with Crippen LogP contribution >= 0.6 is 0 Å². The first-order valence-electron chi connectivity index (χ1n) is 0.617. The van der Waals surface area contributed by atoms with E-state index in [2.05, 4.69) is 0 Å². The molecule has 0 aliphatic heterocycles. The molecule has 0 aliphatic rings. The molecule has 0 aromatic carbocycles. The van der Waals surface area contributed by atoms with E-state index in [1.54, 1.807) is 0 Å². The van der Waals surface area contributed by atoms with Crippen molar-refractivity contribution < 1.29 is 13.4 Å². The second-order valence-corrected chi connectivity index (χ2v) is 0.759. The van der Waals surface area contributed by atoms with Crippen molar-refractivity contribution in [1.82, 2.24) is 0 Å². The van der Waals surface area contributed by atoms with Gasteiger partial charge in [0.05, 0.1) is 0 Å². The van der Waals surface area contributed by atoms with Crippen molar-refractivity contribution in [2.75, 3.05) is 0 Å². The average Bonchev–Trinajstić information content (AvgIpc) is 0.811. The Hall–Kier alpha value is 1.54. The van der Waals surface area contributed by atoms with E-state index in [9.17, 15) is 4.11 Å². The molecule has 0 atom stereocenters. The summed E-state index contributed by atoms with van der Waals surface area (Å²) < 4.78 is 18.6. The summed E-state index contributed by atoms with van der Waals surface area (Å²) in [5.74, 6) is 0. The van der Waals surface area contributed by atoms with Crippen LogP contribution in [0.5, 0.6) is 0 Å². The fourth-order valence-electron chi connectivity index (χ4n) is 0. The zero-order valence-electron chi connectivity index (χ0n) is 1.73. The van der Waals surface area contributed by atoms with Crippen LogP contribution in [-0.4, -0.2) is 69.2 Å². The van der Waals surface area contributed by atoms with Gasteiger partial charge in [-0.15, -0.1) is 0 Å². The van der Waals surface area contributed by atoms with Gasteiger partial charge in [-0.25, -0.2) is 0 Å². The van der Waals surface area contributed by atoms with Crippen LogP contribution in [0.25, 0.3) is 0 Å². The van der Waals surface area contributed by atoms with Gasteiger partial charge < -0.3 is 4.80 Å². The van der Waals surface area contributed by atoms with Gasteiger partial charge in [0.1, 0.15) is 0 Å². The number of hydrogen-bond donors (Lipinski definition) is 1. The van der Waals surface area contributed by atoms with E-state index in [4.69, 9.17) is 9.26 Å². The van der Waals surface area contributed by atoms with Crippen LogP contribution < -0.4 is 0 Å². The Morgan fingerprint density at radius 3 is 1.67 bits per heavy atom. The van der Waals surface area contributed by atoms with Crippen LogP contribution in [0.4, 0.5) is 4.11 Å². The van der Waals surface area contributed by atoms with Crippen LogP contribution in [0.3, 0.4) is 0 Å². The van der Waals surface area contributed by atoms with E-state index in [-0.39, 0.29) is 55.1 Å². The van der Waals surface area contributed by atoms with Gasteiger partial charge in [-0.1, -0.05) is 0 Å². The summed E-state index contributed by atoms with van der Waals surface area (Å²) in [6.45, 7) is 0. The summed E-state index contributed by atoms with van der Waals surface area (Å²) >= 11 is 0. The summed E-state index contributed by atoms with van der Waals surface area (Å²) in [6.07, 6.45) is 0. The van der Waals surface area contributed by atoms with Gasteiger partial charge in [0.25, 0.3) is 0 Å². The second kappa shape index (κ2) is 9.74. The predicted octanol–water partition coefficient (Wildman–Crippen LogP) is -2.74. The van der Waals surface area contributed by atoms with Gasteiger partial charge >= 0.3 is 47.0 Å². The molecule has 2 nitrogen and oxygen atoms in total. The molecule has 0 radical (unpaired) electrons. The van der Waals surface area contributed by atoms with Gasteiger partial charge in [0.15, 0.2) is 17.4 Å². The van der Waals surface area contributed by atoms with Gasteiger partial charge in [0, 0.05) is 0 Å². The molecule has 0 spiro atoms. The molecule has 0 aromatic rings. The molecule has 0 rings (SSSR count). The monoisotopic (exact) mass is 152 g/mol. The average molecular weight is 152 g/mol. The Morgan fingerprint density at radius 1 is 1.67 bits per heavy atom. The fraction of sp³-hybridized carbons (Fsp3) is 0. The van der Waals surface area contributed by atoms with Gasteiger partial charge in [-0.05, 0) is 0 Å². The van der Waals surface area contributed by atoms with Crippen molar-refractivity contribution in [3.8, 4) is 0 Å². The maximum absolute atomic E-state index is 10.1. The third-order valence-electron chi connectivity index (χ3n) is 0. The van der Waals surface area contributed by atoms with Crippen LogP contribution in [0.2, 0.25) is 0 Å². The Morgan fingerprint density at radius 2 is 1.67 bits per heavy atom. The topological polar surface area (TPSA) is 37.3 Å². The van der Waals surface area contributed by atoms with Crippen molar-refractivity contribution in [3.05, 3.63) is 0 Å². The molecule has 0 unspecified atom stereocenters. The van der Waals surface area contributed by atoms with E-state index in [1.165, 1.54) is 0 Å². The fourth-order valence-corrected chi connectivity index (χ4v) is 0. The van der Waals surface area contributed by atoms with E-state index >= 15 is 0 Å². The predicted molar refractivity (Wildman–Crippen MR) is 28.3 cm³/mol. The van der Waals surface area contributed by atoms with Crippen molar-refractivity contribution in [2.24, 2.45) is 0 Å². The maximum atomic E-state index is 10.1. The second-order valence-electron chi connectivity index (χ2n) is 0.253. The number of hydrogen-bond acceptors (Lipinski definition) is 1. The number of rotatable bonds is 0. The summed E-state index contributed by atoms with van der Waals surface area (Å²) in [5.41, 5.74) is 0. The van der Waals surface area contributed by atoms with Crippen molar-refractivity contribution in [1.29, 1.82) is 0 Å². The molecular formula is H6AlCaFO2Si. The molecule has 6 heavy (non-hydrogen) atoms. The standard InChI is InChI=1S/Al.Ca.FHO2Si.5H/c;;1-4(2)3;;;;;/h;;2H;;;;;. The van der Waals surface area contributed by atoms with E-state index in [0.29, 0.717) is 0 Å².